The molecule has 0 amide bonds. The molecule has 3 aromatic rings. The zero-order valence-electron chi connectivity index (χ0n) is 15.6. The van der Waals surface area contributed by atoms with E-state index in [0.29, 0.717) is 39.7 Å². The molecule has 0 aliphatic heterocycles. The molecule has 3 nitrogen and oxygen atoms in total. The van der Waals surface area contributed by atoms with Gasteiger partial charge >= 0.3 is 0 Å². The summed E-state index contributed by atoms with van der Waals surface area (Å²) in [5.41, 5.74) is 2.74. The number of hydrogen-bond acceptors (Lipinski definition) is 3. The lowest BCUT2D eigenvalue weighted by Crippen LogP contribution is -2.13. The van der Waals surface area contributed by atoms with Crippen LogP contribution in [0.4, 0.5) is 0 Å². The average molecular weight is 471 g/mol. The Hall–Kier alpha value is -1.62. The smallest absolute Gasteiger partial charge is 0.163 e. The van der Waals surface area contributed by atoms with Gasteiger partial charge in [0.25, 0.3) is 0 Å². The molecule has 0 fully saturated rings. The molecule has 7 heteroatoms. The van der Waals surface area contributed by atoms with Gasteiger partial charge in [-0.25, -0.2) is 0 Å². The van der Waals surface area contributed by atoms with Gasteiger partial charge in [0, 0.05) is 44.8 Å². The van der Waals surface area contributed by atoms with Crippen molar-refractivity contribution in [3.05, 3.63) is 91.4 Å². The predicted octanol–water partition coefficient (Wildman–Crippen LogP) is 7.18. The van der Waals surface area contributed by atoms with Crippen LogP contribution in [0.3, 0.4) is 0 Å². The van der Waals surface area contributed by atoms with Gasteiger partial charge in [0.1, 0.15) is 6.61 Å². The summed E-state index contributed by atoms with van der Waals surface area (Å²) in [5, 5.41) is 5.78. The van der Waals surface area contributed by atoms with Crippen molar-refractivity contribution >= 4 is 46.4 Å². The molecule has 3 rings (SSSR count). The summed E-state index contributed by atoms with van der Waals surface area (Å²) in [7, 11) is 1.59. The zero-order chi connectivity index (χ0) is 20.8. The summed E-state index contributed by atoms with van der Waals surface area (Å²) in [6.45, 7) is 1.46. The fourth-order valence-corrected chi connectivity index (χ4v) is 3.64. The van der Waals surface area contributed by atoms with Crippen LogP contribution in [0.5, 0.6) is 11.5 Å². The molecule has 29 heavy (non-hydrogen) atoms. The Morgan fingerprint density at radius 3 is 2.17 bits per heavy atom. The molecule has 152 valence electrons. The maximum absolute atomic E-state index is 6.46. The maximum Gasteiger partial charge on any atom is 0.163 e. The molecule has 1 N–H and O–H groups in total. The van der Waals surface area contributed by atoms with Crippen LogP contribution in [0.15, 0.2) is 54.6 Å². The number of methoxy groups -OCH3 is 1. The molecule has 0 spiro atoms. The molecule has 0 unspecified atom stereocenters. The minimum atomic E-state index is 0.271. The Labute approximate surface area is 190 Å². The molecule has 0 heterocycles. The number of nitrogens with one attached hydrogen (secondary N) is 1. The van der Waals surface area contributed by atoms with Crippen LogP contribution in [-0.4, -0.2) is 7.11 Å². The highest BCUT2D eigenvalue weighted by molar-refractivity contribution is 6.35. The highest BCUT2D eigenvalue weighted by Crippen LogP contribution is 2.34. The van der Waals surface area contributed by atoms with Gasteiger partial charge in [-0.3, -0.25) is 0 Å². The Morgan fingerprint density at radius 2 is 1.45 bits per heavy atom. The van der Waals surface area contributed by atoms with E-state index in [0.717, 1.165) is 21.7 Å². The average Bonchev–Trinajstić information content (AvgIpc) is 2.70. The van der Waals surface area contributed by atoms with Gasteiger partial charge in [0.15, 0.2) is 11.5 Å². The second-order valence-electron chi connectivity index (χ2n) is 6.31. The van der Waals surface area contributed by atoms with Gasteiger partial charge in [0.05, 0.1) is 7.11 Å². The number of ether oxygens (including phenoxy) is 2. The summed E-state index contributed by atoms with van der Waals surface area (Å²) >= 11 is 24.8. The first-order valence-electron chi connectivity index (χ1n) is 8.85. The van der Waals surface area contributed by atoms with E-state index in [2.05, 4.69) is 5.32 Å². The van der Waals surface area contributed by atoms with Crippen molar-refractivity contribution in [1.82, 2.24) is 5.32 Å². The maximum atomic E-state index is 6.46. The third kappa shape index (κ3) is 5.94. The standard InChI is InChI=1S/C22H19Cl4NO2/c1-28-21-8-16(12-27-11-14-4-2-3-5-18(14)24)20(26)10-22(21)29-13-15-6-7-17(23)9-19(15)25/h2-10,27H,11-13H2,1H3. The molecule has 0 saturated heterocycles. The van der Waals surface area contributed by atoms with Gasteiger partial charge in [0.2, 0.25) is 0 Å². The summed E-state index contributed by atoms with van der Waals surface area (Å²) in [5.74, 6) is 1.13. The second-order valence-corrected chi connectivity index (χ2v) is 7.97. The molecule has 0 atom stereocenters. The predicted molar refractivity (Wildman–Crippen MR) is 121 cm³/mol. The Morgan fingerprint density at radius 1 is 0.724 bits per heavy atom. The summed E-state index contributed by atoms with van der Waals surface area (Å²) in [6, 6.07) is 16.6. The largest absolute Gasteiger partial charge is 0.493 e. The highest BCUT2D eigenvalue weighted by atomic mass is 35.5. The minimum Gasteiger partial charge on any atom is -0.493 e. The lowest BCUT2D eigenvalue weighted by atomic mass is 10.1. The van der Waals surface area contributed by atoms with Crippen molar-refractivity contribution in [2.75, 3.05) is 7.11 Å². The second kappa shape index (κ2) is 10.4. The fourth-order valence-electron chi connectivity index (χ4n) is 2.75. The molecule has 0 saturated carbocycles. The molecule has 0 aromatic heterocycles. The fraction of sp³-hybridized carbons (Fsp3) is 0.182. The van der Waals surface area contributed by atoms with Crippen LogP contribution in [0.1, 0.15) is 16.7 Å². The van der Waals surface area contributed by atoms with E-state index in [1.807, 2.05) is 36.4 Å². The van der Waals surface area contributed by atoms with Crippen LogP contribution in [0.2, 0.25) is 20.1 Å². The van der Waals surface area contributed by atoms with E-state index in [9.17, 15) is 0 Å². The quantitative estimate of drug-likeness (QED) is 0.378. The Bertz CT molecular complexity index is 995. The van der Waals surface area contributed by atoms with E-state index in [-0.39, 0.29) is 6.61 Å². The molecule has 0 bridgehead atoms. The van der Waals surface area contributed by atoms with Crippen LogP contribution < -0.4 is 14.8 Å². The normalized spacial score (nSPS) is 10.8. The van der Waals surface area contributed by atoms with Crippen LogP contribution >= 0.6 is 46.4 Å². The lowest BCUT2D eigenvalue weighted by molar-refractivity contribution is 0.284. The van der Waals surface area contributed by atoms with Gasteiger partial charge in [-0.15, -0.1) is 0 Å². The number of hydrogen-bond donors (Lipinski definition) is 1. The summed E-state index contributed by atoms with van der Waals surface area (Å²) < 4.78 is 11.4. The van der Waals surface area contributed by atoms with E-state index >= 15 is 0 Å². The van der Waals surface area contributed by atoms with Crippen LogP contribution in [0, 0.1) is 0 Å². The van der Waals surface area contributed by atoms with E-state index < -0.39 is 0 Å². The van der Waals surface area contributed by atoms with Crippen molar-refractivity contribution in [3.8, 4) is 11.5 Å². The van der Waals surface area contributed by atoms with Crippen molar-refractivity contribution < 1.29 is 9.47 Å². The van der Waals surface area contributed by atoms with Crippen LogP contribution in [-0.2, 0) is 19.7 Å². The van der Waals surface area contributed by atoms with Crippen molar-refractivity contribution in [1.29, 1.82) is 0 Å². The third-order valence-corrected chi connectivity index (χ3v) is 5.63. The molecule has 3 aromatic carbocycles. The first-order chi connectivity index (χ1) is 14.0. The lowest BCUT2D eigenvalue weighted by Gasteiger charge is -2.15. The zero-order valence-corrected chi connectivity index (χ0v) is 18.7. The third-order valence-electron chi connectivity index (χ3n) is 4.32. The molecule has 0 aliphatic rings. The number of halogens is 4. The summed E-state index contributed by atoms with van der Waals surface area (Å²) in [4.78, 5) is 0. The molecular formula is C22H19Cl4NO2. The molecule has 0 aliphatic carbocycles. The van der Waals surface area contributed by atoms with Gasteiger partial charge in [-0.05, 0) is 35.4 Å². The first kappa shape index (κ1) is 22.1. The number of benzene rings is 3. The van der Waals surface area contributed by atoms with Crippen molar-refractivity contribution in [2.45, 2.75) is 19.7 Å². The van der Waals surface area contributed by atoms with Gasteiger partial charge < -0.3 is 14.8 Å². The molecular weight excluding hydrogens is 452 g/mol. The monoisotopic (exact) mass is 469 g/mol. The minimum absolute atomic E-state index is 0.271. The van der Waals surface area contributed by atoms with Crippen molar-refractivity contribution in [2.24, 2.45) is 0 Å². The highest BCUT2D eigenvalue weighted by Gasteiger charge is 2.12. The van der Waals surface area contributed by atoms with Gasteiger partial charge in [-0.1, -0.05) is 70.7 Å². The molecule has 0 radical (unpaired) electrons. The van der Waals surface area contributed by atoms with Crippen LogP contribution in [0.25, 0.3) is 0 Å². The first-order valence-corrected chi connectivity index (χ1v) is 10.4. The number of rotatable bonds is 8. The topological polar surface area (TPSA) is 30.5 Å². The Balaban J connectivity index is 1.67. The Kier molecular flexibility index (Phi) is 7.93. The van der Waals surface area contributed by atoms with E-state index in [4.69, 9.17) is 55.9 Å². The summed E-state index contributed by atoms with van der Waals surface area (Å²) in [6.07, 6.45) is 0. The van der Waals surface area contributed by atoms with E-state index in [1.165, 1.54) is 0 Å². The van der Waals surface area contributed by atoms with E-state index in [1.54, 1.807) is 25.3 Å². The van der Waals surface area contributed by atoms with Crippen molar-refractivity contribution in [3.63, 3.8) is 0 Å². The SMILES string of the molecule is COc1cc(CNCc2ccccc2Cl)c(Cl)cc1OCc1ccc(Cl)cc1Cl. The van der Waals surface area contributed by atoms with Gasteiger partial charge in [-0.2, -0.15) is 0 Å².